The highest BCUT2D eigenvalue weighted by atomic mass is 79.9. The van der Waals surface area contributed by atoms with Gasteiger partial charge in [0.25, 0.3) is 0 Å². The topological polar surface area (TPSA) is 53.0 Å². The summed E-state index contributed by atoms with van der Waals surface area (Å²) in [7, 11) is 1.86. The minimum Gasteiger partial charge on any atom is -0.408 e. The molecule has 0 atom stereocenters. The molecular weight excluding hydrogens is 310 g/mol. The van der Waals surface area contributed by atoms with Crippen LogP contribution in [0.25, 0.3) is 11.1 Å². The summed E-state index contributed by atoms with van der Waals surface area (Å²) in [5.41, 5.74) is 3.23. The predicted octanol–water partition coefficient (Wildman–Crippen LogP) is 2.45. The Kier molecular flexibility index (Phi) is 2.82. The maximum atomic E-state index is 11.9. The monoisotopic (exact) mass is 321 g/mol. The molecule has 5 nitrogen and oxygen atoms in total. The number of hydrogen-bond acceptors (Lipinski definition) is 3. The van der Waals surface area contributed by atoms with Crippen LogP contribution in [0.2, 0.25) is 0 Å². The van der Waals surface area contributed by atoms with Crippen molar-refractivity contribution in [3.05, 3.63) is 50.7 Å². The largest absolute Gasteiger partial charge is 0.420 e. The van der Waals surface area contributed by atoms with Crippen molar-refractivity contribution in [2.24, 2.45) is 7.05 Å². The van der Waals surface area contributed by atoms with Crippen LogP contribution in [-0.2, 0) is 13.6 Å². The van der Waals surface area contributed by atoms with Gasteiger partial charge in [0, 0.05) is 7.05 Å². The van der Waals surface area contributed by atoms with Gasteiger partial charge in [-0.25, -0.2) is 4.79 Å². The number of fused-ring (bicyclic) bond motifs is 1. The lowest BCUT2D eigenvalue weighted by Gasteiger charge is -2.04. The number of para-hydroxylation sites is 2. The van der Waals surface area contributed by atoms with Crippen molar-refractivity contribution in [1.29, 1.82) is 0 Å². The van der Waals surface area contributed by atoms with Crippen molar-refractivity contribution < 1.29 is 4.42 Å². The highest BCUT2D eigenvalue weighted by Gasteiger charge is 2.15. The van der Waals surface area contributed by atoms with Crippen LogP contribution >= 0.6 is 15.9 Å². The van der Waals surface area contributed by atoms with E-state index in [0.29, 0.717) is 12.1 Å². The third-order valence-corrected chi connectivity index (χ3v) is 4.17. The smallest absolute Gasteiger partial charge is 0.408 e. The maximum Gasteiger partial charge on any atom is 0.420 e. The molecular formula is C13H12BrN3O2. The van der Waals surface area contributed by atoms with E-state index in [1.54, 1.807) is 15.3 Å². The van der Waals surface area contributed by atoms with Gasteiger partial charge in [-0.05, 0) is 35.0 Å². The molecule has 0 aliphatic heterocycles. The fourth-order valence-corrected chi connectivity index (χ4v) is 2.63. The molecule has 0 aliphatic carbocycles. The van der Waals surface area contributed by atoms with Gasteiger partial charge in [-0.2, -0.15) is 5.10 Å². The van der Waals surface area contributed by atoms with Crippen molar-refractivity contribution in [2.75, 3.05) is 0 Å². The van der Waals surface area contributed by atoms with E-state index in [-0.39, 0.29) is 5.76 Å². The van der Waals surface area contributed by atoms with E-state index in [0.717, 1.165) is 21.4 Å². The lowest BCUT2D eigenvalue weighted by Crippen LogP contribution is -2.17. The van der Waals surface area contributed by atoms with Gasteiger partial charge in [0.2, 0.25) is 0 Å². The minimum absolute atomic E-state index is 0.355. The van der Waals surface area contributed by atoms with Gasteiger partial charge in [-0.15, -0.1) is 0 Å². The fraction of sp³-hybridized carbons (Fsp3) is 0.231. The normalized spacial score (nSPS) is 11.3. The zero-order chi connectivity index (χ0) is 13.6. The van der Waals surface area contributed by atoms with E-state index < -0.39 is 0 Å². The summed E-state index contributed by atoms with van der Waals surface area (Å²) in [5, 5.41) is 4.32. The first kappa shape index (κ1) is 12.2. The predicted molar refractivity (Wildman–Crippen MR) is 75.2 cm³/mol. The lowest BCUT2D eigenvalue weighted by atomic mass is 10.3. The second-order valence-corrected chi connectivity index (χ2v) is 5.18. The summed E-state index contributed by atoms with van der Waals surface area (Å²) in [6.07, 6.45) is 0. The Morgan fingerprint density at radius 3 is 2.79 bits per heavy atom. The molecule has 0 spiro atoms. The highest BCUT2D eigenvalue weighted by Crippen LogP contribution is 2.22. The van der Waals surface area contributed by atoms with E-state index in [1.165, 1.54) is 0 Å². The number of benzene rings is 1. The van der Waals surface area contributed by atoms with Gasteiger partial charge in [0.15, 0.2) is 5.58 Å². The molecule has 98 valence electrons. The second-order valence-electron chi connectivity index (χ2n) is 4.39. The van der Waals surface area contributed by atoms with E-state index in [2.05, 4.69) is 21.0 Å². The molecule has 1 aromatic carbocycles. The SMILES string of the molecule is Cc1nn(C)c(Cn2c(=O)oc3ccccc32)c1Br. The third kappa shape index (κ3) is 1.92. The van der Waals surface area contributed by atoms with Crippen molar-refractivity contribution in [3.8, 4) is 0 Å². The Balaban J connectivity index is 2.16. The summed E-state index contributed by atoms with van der Waals surface area (Å²) < 4.78 is 9.52. The Hall–Kier alpha value is -1.82. The van der Waals surface area contributed by atoms with Crippen molar-refractivity contribution in [2.45, 2.75) is 13.5 Å². The first-order valence-corrected chi connectivity index (χ1v) is 6.63. The molecule has 0 radical (unpaired) electrons. The molecule has 0 saturated carbocycles. The van der Waals surface area contributed by atoms with E-state index in [9.17, 15) is 4.79 Å². The Morgan fingerprint density at radius 1 is 1.37 bits per heavy atom. The molecule has 0 bridgehead atoms. The van der Waals surface area contributed by atoms with Crippen LogP contribution in [-0.4, -0.2) is 14.3 Å². The number of nitrogens with zero attached hydrogens (tertiary/aromatic N) is 3. The van der Waals surface area contributed by atoms with Gasteiger partial charge in [-0.3, -0.25) is 9.25 Å². The zero-order valence-corrected chi connectivity index (χ0v) is 12.1. The standard InChI is InChI=1S/C13H12BrN3O2/c1-8-12(14)10(16(2)15-8)7-17-9-5-3-4-6-11(9)19-13(17)18/h3-6H,7H2,1-2H3. The molecule has 0 aliphatic rings. The molecule has 0 N–H and O–H groups in total. The number of hydrogen-bond donors (Lipinski definition) is 0. The van der Waals surface area contributed by atoms with Crippen LogP contribution in [0.4, 0.5) is 0 Å². The molecule has 6 heteroatoms. The number of oxazole rings is 1. The molecule has 2 heterocycles. The molecule has 0 unspecified atom stereocenters. The summed E-state index contributed by atoms with van der Waals surface area (Å²) in [4.78, 5) is 11.9. The summed E-state index contributed by atoms with van der Waals surface area (Å²) in [6.45, 7) is 2.34. The summed E-state index contributed by atoms with van der Waals surface area (Å²) in [6, 6.07) is 7.39. The van der Waals surface area contributed by atoms with Crippen LogP contribution in [0.3, 0.4) is 0 Å². The summed E-state index contributed by atoms with van der Waals surface area (Å²) in [5.74, 6) is -0.355. The average Bonchev–Trinajstić information content (AvgIpc) is 2.82. The number of rotatable bonds is 2. The summed E-state index contributed by atoms with van der Waals surface area (Å²) >= 11 is 3.51. The zero-order valence-electron chi connectivity index (χ0n) is 10.6. The molecule has 3 rings (SSSR count). The van der Waals surface area contributed by atoms with Crippen LogP contribution in [0.1, 0.15) is 11.4 Å². The van der Waals surface area contributed by atoms with Crippen LogP contribution in [0.5, 0.6) is 0 Å². The van der Waals surface area contributed by atoms with E-state index in [4.69, 9.17) is 4.42 Å². The molecule has 19 heavy (non-hydrogen) atoms. The van der Waals surface area contributed by atoms with Crippen LogP contribution in [0, 0.1) is 6.92 Å². The second kappa shape index (κ2) is 4.38. The Labute approximate surface area is 117 Å². The third-order valence-electron chi connectivity index (χ3n) is 3.14. The van der Waals surface area contributed by atoms with Crippen molar-refractivity contribution >= 4 is 27.0 Å². The molecule has 0 amide bonds. The molecule has 0 fully saturated rings. The van der Waals surface area contributed by atoms with Crippen molar-refractivity contribution in [1.82, 2.24) is 14.3 Å². The van der Waals surface area contributed by atoms with Gasteiger partial charge < -0.3 is 4.42 Å². The average molecular weight is 322 g/mol. The highest BCUT2D eigenvalue weighted by molar-refractivity contribution is 9.10. The number of halogens is 1. The number of aromatic nitrogens is 3. The van der Waals surface area contributed by atoms with Crippen LogP contribution in [0.15, 0.2) is 37.9 Å². The van der Waals surface area contributed by atoms with Crippen molar-refractivity contribution in [3.63, 3.8) is 0 Å². The Bertz CT molecular complexity index is 813. The Morgan fingerprint density at radius 2 is 2.11 bits per heavy atom. The lowest BCUT2D eigenvalue weighted by molar-refractivity contribution is 0.511. The van der Waals surface area contributed by atoms with E-state index in [1.807, 2.05) is 32.2 Å². The quantitative estimate of drug-likeness (QED) is 0.728. The molecule has 2 aromatic heterocycles. The van der Waals surface area contributed by atoms with Gasteiger partial charge in [0.05, 0.1) is 27.9 Å². The first-order chi connectivity index (χ1) is 9.08. The maximum absolute atomic E-state index is 11.9. The fourth-order valence-electron chi connectivity index (χ4n) is 2.17. The number of aryl methyl sites for hydroxylation is 2. The molecule has 3 aromatic rings. The van der Waals surface area contributed by atoms with E-state index >= 15 is 0 Å². The van der Waals surface area contributed by atoms with Gasteiger partial charge in [-0.1, -0.05) is 12.1 Å². The minimum atomic E-state index is -0.355. The van der Waals surface area contributed by atoms with Crippen LogP contribution < -0.4 is 5.76 Å². The van der Waals surface area contributed by atoms with Gasteiger partial charge >= 0.3 is 5.76 Å². The van der Waals surface area contributed by atoms with Gasteiger partial charge in [0.1, 0.15) is 0 Å². The first-order valence-electron chi connectivity index (χ1n) is 5.84. The molecule has 0 saturated heterocycles.